The van der Waals surface area contributed by atoms with Gasteiger partial charge in [0.15, 0.2) is 0 Å². The smallest absolute Gasteiger partial charge is 0.226 e. The van der Waals surface area contributed by atoms with Gasteiger partial charge < -0.3 is 14.0 Å². The lowest BCUT2D eigenvalue weighted by Crippen LogP contribution is -2.38. The average Bonchev–Trinajstić information content (AvgIpc) is 3.40. The van der Waals surface area contributed by atoms with Gasteiger partial charge in [0.25, 0.3) is 0 Å². The molecule has 146 valence electrons. The van der Waals surface area contributed by atoms with Crippen LogP contribution in [0.15, 0.2) is 41.4 Å². The molecule has 28 heavy (non-hydrogen) atoms. The van der Waals surface area contributed by atoms with E-state index in [0.717, 1.165) is 37.1 Å². The predicted molar refractivity (Wildman–Crippen MR) is 102 cm³/mol. The molecule has 0 spiro atoms. The zero-order valence-corrected chi connectivity index (χ0v) is 16.0. The summed E-state index contributed by atoms with van der Waals surface area (Å²) in [7, 11) is 0. The average molecular weight is 380 g/mol. The number of carbonyl (C=O) groups is 1. The lowest BCUT2D eigenvalue weighted by atomic mass is 10.0. The third kappa shape index (κ3) is 4.27. The van der Waals surface area contributed by atoms with Crippen molar-refractivity contribution in [2.75, 3.05) is 13.1 Å². The second-order valence-electron chi connectivity index (χ2n) is 7.26. The molecule has 0 aliphatic carbocycles. The van der Waals surface area contributed by atoms with E-state index >= 15 is 0 Å². The van der Waals surface area contributed by atoms with Crippen LogP contribution in [0.3, 0.4) is 0 Å². The summed E-state index contributed by atoms with van der Waals surface area (Å²) in [6, 6.07) is 8.39. The lowest BCUT2D eigenvalue weighted by molar-refractivity contribution is -0.132. The van der Waals surface area contributed by atoms with E-state index in [1.807, 2.05) is 40.7 Å². The van der Waals surface area contributed by atoms with E-state index in [0.29, 0.717) is 37.0 Å². The molecule has 1 fully saturated rings. The molecule has 1 amide bonds. The van der Waals surface area contributed by atoms with Gasteiger partial charge >= 0.3 is 0 Å². The summed E-state index contributed by atoms with van der Waals surface area (Å²) in [6.07, 6.45) is 7.19. The molecule has 1 saturated heterocycles. The second-order valence-corrected chi connectivity index (χ2v) is 7.26. The quantitative estimate of drug-likeness (QED) is 0.653. The number of nitrogens with zero attached hydrogens (tertiary/aromatic N) is 6. The van der Waals surface area contributed by atoms with Gasteiger partial charge in [0.05, 0.1) is 0 Å². The summed E-state index contributed by atoms with van der Waals surface area (Å²) in [4.78, 5) is 18.9. The number of piperidine rings is 1. The van der Waals surface area contributed by atoms with Gasteiger partial charge in [-0.05, 0) is 32.3 Å². The largest absolute Gasteiger partial charge is 0.343 e. The van der Waals surface area contributed by atoms with Crippen molar-refractivity contribution >= 4 is 5.91 Å². The molecule has 0 atom stereocenters. The number of amides is 1. The minimum Gasteiger partial charge on any atom is -0.343 e. The molecular formula is C20H24N6O2. The first-order chi connectivity index (χ1) is 13.7. The van der Waals surface area contributed by atoms with E-state index in [4.69, 9.17) is 4.52 Å². The number of aromatic nitrogens is 5. The Balaban J connectivity index is 1.23. The Kier molecular flexibility index (Phi) is 5.45. The van der Waals surface area contributed by atoms with Gasteiger partial charge in [0, 0.05) is 37.5 Å². The Hall–Kier alpha value is -3.03. The SMILES string of the molecule is Cc1cccc(-c2noc(CCCC(=O)N3CCC(n4cnnc4)CC3)n2)c1. The fraction of sp³-hybridized carbons (Fsp3) is 0.450. The first-order valence-corrected chi connectivity index (χ1v) is 9.70. The Labute approximate surface area is 163 Å². The predicted octanol–water partition coefficient (Wildman–Crippen LogP) is 2.82. The standard InChI is InChI=1S/C20H24N6O2/c1-15-4-2-5-16(12-15)20-23-18(28-24-20)6-3-7-19(27)25-10-8-17(9-11-25)26-13-21-22-14-26/h2,4-5,12-14,17H,3,6-11H2,1H3. The molecule has 0 bridgehead atoms. The Morgan fingerprint density at radius 1 is 1.21 bits per heavy atom. The highest BCUT2D eigenvalue weighted by atomic mass is 16.5. The number of hydrogen-bond acceptors (Lipinski definition) is 6. The molecule has 0 unspecified atom stereocenters. The van der Waals surface area contributed by atoms with Crippen molar-refractivity contribution in [1.29, 1.82) is 0 Å². The lowest BCUT2D eigenvalue weighted by Gasteiger charge is -2.32. The van der Waals surface area contributed by atoms with Crippen molar-refractivity contribution in [3.05, 3.63) is 48.4 Å². The maximum absolute atomic E-state index is 12.5. The van der Waals surface area contributed by atoms with E-state index < -0.39 is 0 Å². The molecule has 3 aromatic rings. The van der Waals surface area contributed by atoms with Gasteiger partial charge in [0.1, 0.15) is 12.7 Å². The van der Waals surface area contributed by atoms with Gasteiger partial charge in [-0.15, -0.1) is 10.2 Å². The van der Waals surface area contributed by atoms with Crippen molar-refractivity contribution in [1.82, 2.24) is 29.8 Å². The first-order valence-electron chi connectivity index (χ1n) is 9.70. The van der Waals surface area contributed by atoms with Crippen molar-refractivity contribution in [3.8, 4) is 11.4 Å². The molecule has 1 aromatic carbocycles. The van der Waals surface area contributed by atoms with Crippen LogP contribution < -0.4 is 0 Å². The summed E-state index contributed by atoms with van der Waals surface area (Å²) in [5.74, 6) is 1.37. The number of benzene rings is 1. The highest BCUT2D eigenvalue weighted by Gasteiger charge is 2.23. The van der Waals surface area contributed by atoms with E-state index in [9.17, 15) is 4.79 Å². The maximum atomic E-state index is 12.5. The monoisotopic (exact) mass is 380 g/mol. The van der Waals surface area contributed by atoms with Crippen molar-refractivity contribution < 1.29 is 9.32 Å². The number of rotatable bonds is 6. The molecule has 8 nitrogen and oxygen atoms in total. The number of likely N-dealkylation sites (tertiary alicyclic amines) is 1. The molecule has 0 N–H and O–H groups in total. The van der Waals surface area contributed by atoms with Crippen LogP contribution in [-0.4, -0.2) is 48.8 Å². The first kappa shape index (κ1) is 18.3. The minimum absolute atomic E-state index is 0.195. The summed E-state index contributed by atoms with van der Waals surface area (Å²) in [5.41, 5.74) is 2.10. The third-order valence-electron chi connectivity index (χ3n) is 5.20. The number of hydrogen-bond donors (Lipinski definition) is 0. The highest BCUT2D eigenvalue weighted by Crippen LogP contribution is 2.22. The summed E-state index contributed by atoms with van der Waals surface area (Å²) in [6.45, 7) is 3.59. The van der Waals surface area contributed by atoms with Crippen LogP contribution >= 0.6 is 0 Å². The molecule has 2 aromatic heterocycles. The summed E-state index contributed by atoms with van der Waals surface area (Å²) < 4.78 is 7.37. The van der Waals surface area contributed by atoms with Crippen LogP contribution in [-0.2, 0) is 11.2 Å². The van der Waals surface area contributed by atoms with E-state index in [2.05, 4.69) is 20.3 Å². The zero-order valence-electron chi connectivity index (χ0n) is 16.0. The molecule has 0 saturated carbocycles. The maximum Gasteiger partial charge on any atom is 0.226 e. The van der Waals surface area contributed by atoms with E-state index in [1.54, 1.807) is 12.7 Å². The van der Waals surface area contributed by atoms with Crippen LogP contribution in [0.1, 0.15) is 43.2 Å². The normalized spacial score (nSPS) is 15.1. The molecule has 1 aliphatic heterocycles. The van der Waals surface area contributed by atoms with Crippen molar-refractivity contribution in [2.45, 2.75) is 45.1 Å². The van der Waals surface area contributed by atoms with Crippen LogP contribution in [0.25, 0.3) is 11.4 Å². The van der Waals surface area contributed by atoms with Crippen LogP contribution in [0.2, 0.25) is 0 Å². The molecule has 4 rings (SSSR count). The van der Waals surface area contributed by atoms with Gasteiger partial charge in [-0.1, -0.05) is 28.9 Å². The summed E-state index contributed by atoms with van der Waals surface area (Å²) in [5, 5.41) is 11.8. The van der Waals surface area contributed by atoms with E-state index in [1.165, 1.54) is 0 Å². The Morgan fingerprint density at radius 2 is 2.00 bits per heavy atom. The Morgan fingerprint density at radius 3 is 2.75 bits per heavy atom. The van der Waals surface area contributed by atoms with E-state index in [-0.39, 0.29) is 5.91 Å². The fourth-order valence-corrected chi connectivity index (χ4v) is 3.62. The number of aryl methyl sites for hydroxylation is 2. The third-order valence-corrected chi connectivity index (χ3v) is 5.20. The van der Waals surface area contributed by atoms with Crippen molar-refractivity contribution in [2.24, 2.45) is 0 Å². The molecule has 3 heterocycles. The fourth-order valence-electron chi connectivity index (χ4n) is 3.62. The van der Waals surface area contributed by atoms with Gasteiger partial charge in [-0.25, -0.2) is 0 Å². The molecule has 1 aliphatic rings. The topological polar surface area (TPSA) is 89.9 Å². The molecule has 8 heteroatoms. The summed E-state index contributed by atoms with van der Waals surface area (Å²) >= 11 is 0. The Bertz CT molecular complexity index is 912. The van der Waals surface area contributed by atoms with Crippen molar-refractivity contribution in [3.63, 3.8) is 0 Å². The molecule has 0 radical (unpaired) electrons. The van der Waals surface area contributed by atoms with Gasteiger partial charge in [0.2, 0.25) is 17.6 Å². The zero-order chi connectivity index (χ0) is 19.3. The van der Waals surface area contributed by atoms with Gasteiger partial charge in [-0.2, -0.15) is 4.98 Å². The molecular weight excluding hydrogens is 356 g/mol. The van der Waals surface area contributed by atoms with Crippen LogP contribution in [0.5, 0.6) is 0 Å². The highest BCUT2D eigenvalue weighted by molar-refractivity contribution is 5.76. The van der Waals surface area contributed by atoms with Gasteiger partial charge in [-0.3, -0.25) is 4.79 Å². The number of carbonyl (C=O) groups excluding carboxylic acids is 1. The minimum atomic E-state index is 0.195. The van der Waals surface area contributed by atoms with Crippen LogP contribution in [0.4, 0.5) is 0 Å². The second kappa shape index (κ2) is 8.33. The van der Waals surface area contributed by atoms with Crippen LogP contribution in [0, 0.1) is 6.92 Å².